The first-order valence-electron chi connectivity index (χ1n) is 10.9. The minimum absolute atomic E-state index is 0.443. The molecule has 0 unspecified atom stereocenters. The number of piperazine rings is 1. The number of nitrogens with one attached hydrogen (secondary N) is 1. The molecule has 3 heterocycles. The number of hydrogen-bond donors (Lipinski definition) is 2. The van der Waals surface area contributed by atoms with Gasteiger partial charge in [-0.15, -0.1) is 0 Å². The molecule has 5 rings (SSSR count). The molecule has 1 aliphatic carbocycles. The summed E-state index contributed by atoms with van der Waals surface area (Å²) in [5.41, 5.74) is 9.59. The van der Waals surface area contributed by atoms with Gasteiger partial charge in [0.1, 0.15) is 5.82 Å². The predicted octanol–water partition coefficient (Wildman–Crippen LogP) is 2.55. The zero-order valence-corrected chi connectivity index (χ0v) is 18.1. The molecule has 1 saturated heterocycles. The van der Waals surface area contributed by atoms with Gasteiger partial charge in [0.15, 0.2) is 11.5 Å². The highest BCUT2D eigenvalue weighted by molar-refractivity contribution is 5.91. The van der Waals surface area contributed by atoms with E-state index < -0.39 is 0 Å². The lowest BCUT2D eigenvalue weighted by Gasteiger charge is -2.34. The molecule has 1 aromatic carbocycles. The average molecular weight is 424 g/mol. The van der Waals surface area contributed by atoms with Crippen molar-refractivity contribution in [3.63, 3.8) is 0 Å². The number of aromatic nitrogens is 4. The number of rotatable bonds is 4. The monoisotopic (exact) mass is 423 g/mol. The van der Waals surface area contributed by atoms with Crippen LogP contribution in [-0.2, 0) is 12.8 Å². The van der Waals surface area contributed by atoms with Crippen molar-refractivity contribution in [3.05, 3.63) is 23.5 Å². The van der Waals surface area contributed by atoms with Crippen LogP contribution in [0.3, 0.4) is 0 Å². The quantitative estimate of drug-likeness (QED) is 0.617. The molecule has 0 bridgehead atoms. The number of methoxy groups -OCH3 is 2. The maximum Gasteiger partial charge on any atom is 0.228 e. The maximum atomic E-state index is 6.27. The number of benzene rings is 1. The number of imidazole rings is 1. The summed E-state index contributed by atoms with van der Waals surface area (Å²) in [6.45, 7) is 3.34. The summed E-state index contributed by atoms with van der Waals surface area (Å²) < 4.78 is 10.8. The van der Waals surface area contributed by atoms with Crippen molar-refractivity contribution < 1.29 is 9.47 Å². The lowest BCUT2D eigenvalue weighted by molar-refractivity contribution is 0.356. The predicted molar refractivity (Wildman–Crippen MR) is 121 cm³/mol. The van der Waals surface area contributed by atoms with Gasteiger partial charge in [-0.05, 0) is 31.7 Å². The summed E-state index contributed by atoms with van der Waals surface area (Å²) in [5.74, 6) is 3.33. The van der Waals surface area contributed by atoms with Gasteiger partial charge in [-0.25, -0.2) is 9.97 Å². The zero-order chi connectivity index (χ0) is 21.4. The Hall–Kier alpha value is -3.23. The van der Waals surface area contributed by atoms with E-state index in [4.69, 9.17) is 25.2 Å². The van der Waals surface area contributed by atoms with Gasteiger partial charge < -0.3 is 30.0 Å². The van der Waals surface area contributed by atoms with Crippen molar-refractivity contribution in [2.24, 2.45) is 0 Å². The number of nitrogen functional groups attached to an aromatic ring is 1. The molecular weight excluding hydrogens is 394 g/mol. The van der Waals surface area contributed by atoms with Crippen LogP contribution in [0.15, 0.2) is 12.1 Å². The largest absolute Gasteiger partial charge is 0.493 e. The molecule has 0 atom stereocenters. The van der Waals surface area contributed by atoms with Crippen LogP contribution in [0.4, 0.5) is 17.7 Å². The number of nitrogens with zero attached hydrogens (tertiary/aromatic N) is 5. The first kappa shape index (κ1) is 19.7. The van der Waals surface area contributed by atoms with E-state index in [1.807, 2.05) is 12.1 Å². The van der Waals surface area contributed by atoms with E-state index in [1.165, 1.54) is 30.7 Å². The fourth-order valence-electron chi connectivity index (χ4n) is 4.49. The van der Waals surface area contributed by atoms with E-state index in [9.17, 15) is 0 Å². The summed E-state index contributed by atoms with van der Waals surface area (Å²) >= 11 is 0. The molecule has 2 aromatic heterocycles. The van der Waals surface area contributed by atoms with Gasteiger partial charge >= 0.3 is 0 Å². The number of H-pyrrole nitrogens is 1. The number of fused-ring (bicyclic) bond motifs is 2. The van der Waals surface area contributed by atoms with Gasteiger partial charge in [-0.3, -0.25) is 0 Å². The van der Waals surface area contributed by atoms with Gasteiger partial charge in [0.05, 0.1) is 25.4 Å². The first-order valence-corrected chi connectivity index (χ1v) is 10.9. The fraction of sp³-hybridized carbons (Fsp3) is 0.500. The molecule has 0 amide bonds. The summed E-state index contributed by atoms with van der Waals surface area (Å²) in [6.07, 6.45) is 5.99. The Balaban J connectivity index is 1.34. The first-order chi connectivity index (χ1) is 15.2. The summed E-state index contributed by atoms with van der Waals surface area (Å²) in [7, 11) is 3.22. The Morgan fingerprint density at radius 1 is 0.871 bits per heavy atom. The Bertz CT molecular complexity index is 1070. The van der Waals surface area contributed by atoms with Crippen LogP contribution in [0.1, 0.15) is 30.7 Å². The topological polar surface area (TPSA) is 105 Å². The Kier molecular flexibility index (Phi) is 5.17. The standard InChI is InChI=1S/C22H29N7O2/c1-30-18-12-14-17(13-19(18)31-2)26-22(27-20(14)23)29-10-8-28(9-11-29)21-24-15-6-4-3-5-7-16(15)25-21/h12-13H,3-11H2,1-2H3,(H,24,25)(H2,23,26,27). The van der Waals surface area contributed by atoms with Crippen LogP contribution in [0.25, 0.3) is 10.9 Å². The van der Waals surface area contributed by atoms with E-state index in [-0.39, 0.29) is 0 Å². The van der Waals surface area contributed by atoms with Gasteiger partial charge in [-0.2, -0.15) is 4.98 Å². The molecule has 31 heavy (non-hydrogen) atoms. The SMILES string of the molecule is COc1cc2nc(N3CCN(c4nc5c([nH]4)CCCCC5)CC3)nc(N)c2cc1OC. The fourth-order valence-corrected chi connectivity index (χ4v) is 4.49. The van der Waals surface area contributed by atoms with Crippen LogP contribution in [0, 0.1) is 0 Å². The van der Waals surface area contributed by atoms with E-state index in [0.29, 0.717) is 23.3 Å². The summed E-state index contributed by atoms with van der Waals surface area (Å²) in [4.78, 5) is 22.3. The zero-order valence-electron chi connectivity index (χ0n) is 18.1. The van der Waals surface area contributed by atoms with Gasteiger partial charge in [0.25, 0.3) is 0 Å². The summed E-state index contributed by atoms with van der Waals surface area (Å²) in [6, 6.07) is 3.67. The van der Waals surface area contributed by atoms with Crippen molar-refractivity contribution in [2.45, 2.75) is 32.1 Å². The molecule has 3 N–H and O–H groups in total. The molecule has 9 heteroatoms. The number of aryl methyl sites for hydroxylation is 2. The highest BCUT2D eigenvalue weighted by Crippen LogP contribution is 2.34. The minimum Gasteiger partial charge on any atom is -0.493 e. The van der Waals surface area contributed by atoms with E-state index in [0.717, 1.165) is 55.9 Å². The van der Waals surface area contributed by atoms with Crippen molar-refractivity contribution >= 4 is 28.6 Å². The van der Waals surface area contributed by atoms with E-state index in [1.54, 1.807) is 14.2 Å². The molecule has 0 radical (unpaired) electrons. The average Bonchev–Trinajstić information content (AvgIpc) is 3.08. The van der Waals surface area contributed by atoms with Crippen molar-refractivity contribution in [1.29, 1.82) is 0 Å². The smallest absolute Gasteiger partial charge is 0.228 e. The Labute approximate surface area is 181 Å². The van der Waals surface area contributed by atoms with Gasteiger partial charge in [0, 0.05) is 43.3 Å². The second-order valence-electron chi connectivity index (χ2n) is 8.15. The molecule has 3 aromatic rings. The number of aromatic amines is 1. The molecule has 1 aliphatic heterocycles. The third-order valence-corrected chi connectivity index (χ3v) is 6.27. The van der Waals surface area contributed by atoms with Gasteiger partial charge in [0.2, 0.25) is 11.9 Å². The third kappa shape index (κ3) is 3.68. The highest BCUT2D eigenvalue weighted by atomic mass is 16.5. The molecular formula is C22H29N7O2. The van der Waals surface area contributed by atoms with Crippen molar-refractivity contribution in [3.8, 4) is 11.5 Å². The molecule has 0 spiro atoms. The van der Waals surface area contributed by atoms with Crippen LogP contribution < -0.4 is 25.0 Å². The van der Waals surface area contributed by atoms with Crippen LogP contribution in [0.2, 0.25) is 0 Å². The maximum absolute atomic E-state index is 6.27. The van der Waals surface area contributed by atoms with Crippen LogP contribution in [-0.4, -0.2) is 60.3 Å². The number of anilines is 3. The van der Waals surface area contributed by atoms with Crippen molar-refractivity contribution in [2.75, 3.05) is 55.9 Å². The summed E-state index contributed by atoms with van der Waals surface area (Å²) in [5, 5.41) is 0.761. The molecule has 0 saturated carbocycles. The van der Waals surface area contributed by atoms with E-state index in [2.05, 4.69) is 19.8 Å². The molecule has 2 aliphatic rings. The lowest BCUT2D eigenvalue weighted by atomic mass is 10.2. The minimum atomic E-state index is 0.443. The molecule has 1 fully saturated rings. The second-order valence-corrected chi connectivity index (χ2v) is 8.15. The van der Waals surface area contributed by atoms with Gasteiger partial charge in [-0.1, -0.05) is 6.42 Å². The van der Waals surface area contributed by atoms with Crippen LogP contribution in [0.5, 0.6) is 11.5 Å². The highest BCUT2D eigenvalue weighted by Gasteiger charge is 2.24. The van der Waals surface area contributed by atoms with Crippen molar-refractivity contribution in [1.82, 2.24) is 19.9 Å². The Morgan fingerprint density at radius 3 is 2.35 bits per heavy atom. The number of hydrogen-bond acceptors (Lipinski definition) is 8. The lowest BCUT2D eigenvalue weighted by Crippen LogP contribution is -2.47. The number of nitrogens with two attached hydrogens (primary N) is 1. The molecule has 9 nitrogen and oxygen atoms in total. The number of ether oxygens (including phenoxy) is 2. The normalized spacial score (nSPS) is 16.8. The third-order valence-electron chi connectivity index (χ3n) is 6.27. The second kappa shape index (κ2) is 8.13. The molecule has 164 valence electrons. The van der Waals surface area contributed by atoms with E-state index >= 15 is 0 Å². The Morgan fingerprint density at radius 2 is 1.58 bits per heavy atom. The van der Waals surface area contributed by atoms with Crippen LogP contribution >= 0.6 is 0 Å².